The Morgan fingerprint density at radius 2 is 0.660 bits per heavy atom. The van der Waals surface area contributed by atoms with Gasteiger partial charge in [-0.3, -0.25) is 0 Å². The average Bonchev–Trinajstić information content (AvgIpc) is 1.35. The fourth-order valence-electron chi connectivity index (χ4n) is 16.5. The zero-order valence-corrected chi connectivity index (χ0v) is 57.1. The summed E-state index contributed by atoms with van der Waals surface area (Å²) in [6.45, 7) is 15.4. The van der Waals surface area contributed by atoms with Crippen molar-refractivity contribution in [3.8, 4) is 84.2 Å². The molecular weight excluding hydrogens is 1250 g/mol. The topological polar surface area (TPSA) is 44.5 Å². The van der Waals surface area contributed by atoms with Gasteiger partial charge in [0.2, 0.25) is 0 Å². The molecule has 0 aliphatic carbocycles. The molecule has 2 aliphatic heterocycles. The molecule has 0 spiro atoms. The molecule has 482 valence electrons. The van der Waals surface area contributed by atoms with Gasteiger partial charge >= 0.3 is 0 Å². The van der Waals surface area contributed by atoms with Gasteiger partial charge in [-0.15, -0.1) is 0 Å². The van der Waals surface area contributed by atoms with E-state index >= 15 is 0 Å². The Morgan fingerprint density at radius 1 is 0.330 bits per heavy atom. The predicted octanol–water partition coefficient (Wildman–Crippen LogP) is 23.7. The van der Waals surface area contributed by atoms with Gasteiger partial charge in [0.15, 0.2) is 5.69 Å². The molecule has 2 aromatic heterocycles. The molecule has 0 amide bonds. The van der Waals surface area contributed by atoms with Gasteiger partial charge in [-0.25, -0.2) is 4.85 Å². The quantitative estimate of drug-likeness (QED) is 0.101. The highest BCUT2D eigenvalue weighted by Gasteiger charge is 2.46. The lowest BCUT2D eigenvalue weighted by Crippen LogP contribution is -2.61. The summed E-state index contributed by atoms with van der Waals surface area (Å²) < 4.78 is 4.82. The number of para-hydroxylation sites is 4. The van der Waals surface area contributed by atoms with Crippen LogP contribution >= 0.6 is 0 Å². The Bertz CT molecular complexity index is 5780. The minimum absolute atomic E-state index is 0.362. The fourth-order valence-corrected chi connectivity index (χ4v) is 16.5. The molecule has 103 heavy (non-hydrogen) atoms. The van der Waals surface area contributed by atoms with Crippen LogP contribution in [0.25, 0.3) is 127 Å². The molecule has 4 heterocycles. The smallest absolute Gasteiger partial charge is 0.252 e. The lowest BCUT2D eigenvalue weighted by atomic mass is 9.33. The molecule has 19 rings (SSSR count). The maximum Gasteiger partial charge on any atom is 0.252 e. The molecule has 0 N–H and O–H groups in total. The van der Waals surface area contributed by atoms with Gasteiger partial charge in [-0.1, -0.05) is 263 Å². The lowest BCUT2D eigenvalue weighted by Gasteiger charge is -2.46. The van der Waals surface area contributed by atoms with Gasteiger partial charge < -0.3 is 18.9 Å². The van der Waals surface area contributed by atoms with Gasteiger partial charge in [-0.2, -0.15) is 5.26 Å². The second-order valence-electron chi connectivity index (χ2n) is 28.2. The minimum atomic E-state index is -0.372. The van der Waals surface area contributed by atoms with E-state index in [1.807, 2.05) is 0 Å². The summed E-state index contributed by atoms with van der Waals surface area (Å²) in [5.41, 5.74) is 30.2. The second kappa shape index (κ2) is 24.2. The molecule has 6 nitrogen and oxygen atoms in total. The standard InChI is InChI=1S/C96H65BN6/c1-96(2,3)71-57-91-93-92(58-71)103(95-81(65-31-13-7-14-32-65)59-72(99-4)60-82(95)66-33-15-8-16-34-66)90-50-48-70(68-36-26-38-74(54-68)101-87-45-23-19-41-77(87)78-42-20-24-46-88(78)101)56-84(90)97(93)83-55-69(67-35-25-37-73(53-67)100-85-43-21-17-39-75(85)76-40-18-22-44-86(76)100)47-49-89(83)102(91)94-79(63-27-9-5-10-28-63)51-62(61-98)52-80(94)64-29-11-6-12-30-64/h5-60H,1-3H3. The Labute approximate surface area is 599 Å². The van der Waals surface area contributed by atoms with Crippen molar-refractivity contribution in [1.29, 1.82) is 5.26 Å². The highest BCUT2D eigenvalue weighted by atomic mass is 15.2. The van der Waals surface area contributed by atoms with Crippen LogP contribution in [-0.2, 0) is 5.41 Å². The summed E-state index contributed by atoms with van der Waals surface area (Å²) in [5, 5.41) is 16.0. The molecule has 15 aromatic carbocycles. The largest absolute Gasteiger partial charge is 0.310 e. The Balaban J connectivity index is 0.950. The fraction of sp³-hybridized carbons (Fsp3) is 0.0417. The van der Waals surface area contributed by atoms with Crippen molar-refractivity contribution < 1.29 is 0 Å². The van der Waals surface area contributed by atoms with Crippen molar-refractivity contribution in [2.24, 2.45) is 0 Å². The number of hydrogen-bond acceptors (Lipinski definition) is 3. The number of hydrogen-bond donors (Lipinski definition) is 0. The van der Waals surface area contributed by atoms with E-state index in [4.69, 9.17) is 6.57 Å². The first-order chi connectivity index (χ1) is 50.6. The van der Waals surface area contributed by atoms with Crippen LogP contribution in [0.3, 0.4) is 0 Å². The first-order valence-electron chi connectivity index (χ1n) is 35.3. The molecule has 17 aromatic rings. The van der Waals surface area contributed by atoms with Gasteiger partial charge in [0.05, 0.1) is 51.6 Å². The third kappa shape index (κ3) is 9.92. The van der Waals surface area contributed by atoms with Crippen LogP contribution in [0.1, 0.15) is 31.9 Å². The molecule has 0 saturated carbocycles. The van der Waals surface area contributed by atoms with Crippen LogP contribution in [0.2, 0.25) is 0 Å². The van der Waals surface area contributed by atoms with E-state index in [9.17, 15) is 5.26 Å². The summed E-state index contributed by atoms with van der Waals surface area (Å²) in [5.74, 6) is 0. The van der Waals surface area contributed by atoms with Crippen molar-refractivity contribution in [2.45, 2.75) is 26.2 Å². The number of nitrogens with zero attached hydrogens (tertiary/aromatic N) is 6. The molecule has 0 bridgehead atoms. The van der Waals surface area contributed by atoms with Crippen LogP contribution < -0.4 is 26.2 Å². The van der Waals surface area contributed by atoms with Crippen molar-refractivity contribution in [3.63, 3.8) is 0 Å². The number of nitriles is 1. The van der Waals surface area contributed by atoms with Crippen LogP contribution in [0.5, 0.6) is 0 Å². The van der Waals surface area contributed by atoms with Crippen molar-refractivity contribution in [2.75, 3.05) is 9.80 Å². The minimum Gasteiger partial charge on any atom is -0.310 e. The maximum absolute atomic E-state index is 11.2. The molecular formula is C96H65BN6. The maximum atomic E-state index is 11.2. The third-order valence-corrected chi connectivity index (χ3v) is 21.2. The highest BCUT2D eigenvalue weighted by molar-refractivity contribution is 7.00. The molecule has 0 unspecified atom stereocenters. The first kappa shape index (κ1) is 60.7. The van der Waals surface area contributed by atoms with Crippen LogP contribution in [0, 0.1) is 17.9 Å². The van der Waals surface area contributed by atoms with Gasteiger partial charge in [0.1, 0.15) is 0 Å². The summed E-state index contributed by atoms with van der Waals surface area (Å²) in [7, 11) is 0. The molecule has 0 saturated heterocycles. The van der Waals surface area contributed by atoms with Gasteiger partial charge in [0.25, 0.3) is 6.71 Å². The molecule has 0 radical (unpaired) electrons. The number of aromatic nitrogens is 2. The van der Waals surface area contributed by atoms with E-state index in [1.165, 1.54) is 21.5 Å². The van der Waals surface area contributed by atoms with E-state index < -0.39 is 0 Å². The van der Waals surface area contributed by atoms with Gasteiger partial charge in [0, 0.05) is 66.8 Å². The van der Waals surface area contributed by atoms with Crippen molar-refractivity contribution >= 4 is 107 Å². The van der Waals surface area contributed by atoms with Gasteiger partial charge in [-0.05, 0) is 180 Å². The Morgan fingerprint density at radius 3 is 1.01 bits per heavy atom. The molecule has 2 aliphatic rings. The summed E-state index contributed by atoms with van der Waals surface area (Å²) in [6.07, 6.45) is 0. The van der Waals surface area contributed by atoms with E-state index in [0.29, 0.717) is 11.3 Å². The van der Waals surface area contributed by atoms with Crippen LogP contribution in [-0.4, -0.2) is 15.8 Å². The third-order valence-electron chi connectivity index (χ3n) is 21.2. The molecule has 0 atom stereocenters. The first-order valence-corrected chi connectivity index (χ1v) is 35.3. The van der Waals surface area contributed by atoms with E-state index in [0.717, 1.165) is 156 Å². The Kier molecular flexibility index (Phi) is 14.2. The Hall–Kier alpha value is -13.5. The number of fused-ring (bicyclic) bond motifs is 10. The van der Waals surface area contributed by atoms with E-state index in [1.54, 1.807) is 0 Å². The normalized spacial score (nSPS) is 12.3. The SMILES string of the molecule is [C-]#[N+]c1cc(-c2ccccc2)c(N2c3ccc(-c4cccc(-n5c6ccccc6c6ccccc65)c4)cc3B3c4cc(-c5cccc(-n6c7ccccc7c7ccccc76)c5)ccc4N(c4c(-c5ccccc5)cc(C#N)cc4-c4ccccc4)c4cc(C(C)(C)C)cc2c43)c(-c2ccccc2)c1. The van der Waals surface area contributed by atoms with Crippen molar-refractivity contribution in [3.05, 3.63) is 362 Å². The summed E-state index contributed by atoms with van der Waals surface area (Å²) in [4.78, 5) is 9.37. The number of anilines is 6. The molecule has 7 heteroatoms. The molecule has 0 fully saturated rings. The number of benzene rings is 15. The van der Waals surface area contributed by atoms with Crippen LogP contribution in [0.15, 0.2) is 340 Å². The highest BCUT2D eigenvalue weighted by Crippen LogP contribution is 2.55. The summed E-state index contributed by atoms with van der Waals surface area (Å²) in [6, 6.07) is 126. The predicted molar refractivity (Wildman–Crippen MR) is 431 cm³/mol. The zero-order chi connectivity index (χ0) is 69.0. The second-order valence-corrected chi connectivity index (χ2v) is 28.2. The number of rotatable bonds is 10. The summed E-state index contributed by atoms with van der Waals surface area (Å²) >= 11 is 0. The van der Waals surface area contributed by atoms with E-state index in [-0.39, 0.29) is 12.1 Å². The van der Waals surface area contributed by atoms with E-state index in [2.05, 4.69) is 390 Å². The van der Waals surface area contributed by atoms with Crippen molar-refractivity contribution in [1.82, 2.24) is 9.13 Å². The zero-order valence-electron chi connectivity index (χ0n) is 57.1. The van der Waals surface area contributed by atoms with Crippen LogP contribution in [0.4, 0.5) is 39.8 Å². The lowest BCUT2D eigenvalue weighted by molar-refractivity contribution is 0.590. The average molecular weight is 1310 g/mol. The monoisotopic (exact) mass is 1310 g/mol.